The molecular weight excluding hydrogens is 465 g/mol. The molecule has 0 N–H and O–H groups in total. The number of likely N-dealkylation sites (tertiary alicyclic amines) is 1. The van der Waals surface area contributed by atoms with E-state index in [2.05, 4.69) is 0 Å². The van der Waals surface area contributed by atoms with Gasteiger partial charge in [0.1, 0.15) is 17.1 Å². The number of rotatable bonds is 5. The van der Waals surface area contributed by atoms with E-state index in [1.807, 2.05) is 13.0 Å². The second-order valence-corrected chi connectivity index (χ2v) is 9.47. The fourth-order valence-corrected chi connectivity index (χ4v) is 4.80. The summed E-state index contributed by atoms with van der Waals surface area (Å²) in [7, 11) is 1.49. The van der Waals surface area contributed by atoms with Crippen LogP contribution in [0.15, 0.2) is 30.3 Å². The lowest BCUT2D eigenvalue weighted by molar-refractivity contribution is -0.134. The van der Waals surface area contributed by atoms with E-state index in [9.17, 15) is 14.4 Å². The van der Waals surface area contributed by atoms with Gasteiger partial charge in [-0.2, -0.15) is 0 Å². The molecule has 2 aliphatic rings. The van der Waals surface area contributed by atoms with Crippen molar-refractivity contribution in [2.45, 2.75) is 44.6 Å². The Morgan fingerprint density at radius 1 is 1.12 bits per heavy atom. The minimum atomic E-state index is -0.606. The van der Waals surface area contributed by atoms with E-state index in [-0.39, 0.29) is 36.7 Å². The summed E-state index contributed by atoms with van der Waals surface area (Å²) in [4.78, 5) is 39.9. The average Bonchev–Trinajstić information content (AvgIpc) is 2.79. The Kier molecular flexibility index (Phi) is 6.68. The van der Waals surface area contributed by atoms with Crippen LogP contribution >= 0.6 is 23.2 Å². The molecule has 1 saturated heterocycles. The minimum Gasteiger partial charge on any atom is -0.496 e. The van der Waals surface area contributed by atoms with Crippen molar-refractivity contribution >= 4 is 40.7 Å². The van der Waals surface area contributed by atoms with Crippen LogP contribution in [0.1, 0.15) is 58.4 Å². The van der Waals surface area contributed by atoms with Gasteiger partial charge < -0.3 is 14.4 Å². The normalized spacial score (nSPS) is 16.8. The number of hydrogen-bond donors (Lipinski definition) is 0. The summed E-state index contributed by atoms with van der Waals surface area (Å²) in [5.41, 5.74) is 1.14. The number of hydrogen-bond acceptors (Lipinski definition) is 5. The summed E-state index contributed by atoms with van der Waals surface area (Å²) >= 11 is 12.2. The quantitative estimate of drug-likeness (QED) is 0.532. The van der Waals surface area contributed by atoms with E-state index in [0.29, 0.717) is 58.6 Å². The summed E-state index contributed by atoms with van der Waals surface area (Å²) < 4.78 is 11.5. The summed E-state index contributed by atoms with van der Waals surface area (Å²) in [6.45, 7) is 2.82. The largest absolute Gasteiger partial charge is 0.496 e. The van der Waals surface area contributed by atoms with Crippen molar-refractivity contribution in [3.05, 3.63) is 57.1 Å². The van der Waals surface area contributed by atoms with Crippen molar-refractivity contribution in [3.8, 4) is 11.5 Å². The monoisotopic (exact) mass is 489 g/mol. The number of aryl methyl sites for hydroxylation is 1. The van der Waals surface area contributed by atoms with Gasteiger partial charge in [0.05, 0.1) is 24.7 Å². The predicted octanol–water partition coefficient (Wildman–Crippen LogP) is 5.30. The summed E-state index contributed by atoms with van der Waals surface area (Å²) in [5.74, 6) is 0.730. The number of nitrogens with zero attached hydrogens (tertiary/aromatic N) is 1. The van der Waals surface area contributed by atoms with Gasteiger partial charge in [0.2, 0.25) is 5.91 Å². The van der Waals surface area contributed by atoms with Crippen molar-refractivity contribution in [2.75, 3.05) is 20.2 Å². The van der Waals surface area contributed by atoms with Gasteiger partial charge in [-0.25, -0.2) is 0 Å². The third kappa shape index (κ3) is 4.87. The fraction of sp³-hybridized carbons (Fsp3) is 0.400. The Labute approximate surface area is 202 Å². The summed E-state index contributed by atoms with van der Waals surface area (Å²) in [5, 5.41) is 0.986. The minimum absolute atomic E-state index is 0.0130. The number of methoxy groups -OCH3 is 1. The first kappa shape index (κ1) is 23.6. The van der Waals surface area contributed by atoms with Gasteiger partial charge in [-0.1, -0.05) is 23.2 Å². The first-order valence-electron chi connectivity index (χ1n) is 10.9. The maximum atomic E-state index is 12.8. The van der Waals surface area contributed by atoms with Crippen LogP contribution in [-0.2, 0) is 4.79 Å². The molecule has 33 heavy (non-hydrogen) atoms. The molecule has 0 unspecified atom stereocenters. The Morgan fingerprint density at radius 2 is 1.85 bits per heavy atom. The first-order chi connectivity index (χ1) is 15.7. The molecule has 1 spiro atoms. The van der Waals surface area contributed by atoms with E-state index in [1.165, 1.54) is 7.11 Å². The number of amides is 1. The zero-order chi connectivity index (χ0) is 23.8. The van der Waals surface area contributed by atoms with Gasteiger partial charge in [0.15, 0.2) is 11.6 Å². The molecule has 0 radical (unpaired) electrons. The van der Waals surface area contributed by atoms with Crippen LogP contribution in [0.2, 0.25) is 10.0 Å². The molecule has 2 aliphatic heterocycles. The second-order valence-electron chi connectivity index (χ2n) is 8.63. The van der Waals surface area contributed by atoms with Crippen molar-refractivity contribution in [3.63, 3.8) is 0 Å². The molecule has 2 aromatic rings. The van der Waals surface area contributed by atoms with Crippen molar-refractivity contribution in [1.82, 2.24) is 4.90 Å². The number of benzene rings is 2. The molecule has 0 saturated carbocycles. The van der Waals surface area contributed by atoms with Gasteiger partial charge in [-0.15, -0.1) is 0 Å². The SMILES string of the molecule is COc1ccc(Cl)cc1C(=O)CCC(=O)N1CCC2(CC1)CC(=O)c1cc(Cl)c(C)cc1O2. The predicted molar refractivity (Wildman–Crippen MR) is 126 cm³/mol. The van der Waals surface area contributed by atoms with Gasteiger partial charge in [0.25, 0.3) is 0 Å². The van der Waals surface area contributed by atoms with E-state index in [0.717, 1.165) is 5.56 Å². The zero-order valence-corrected chi connectivity index (χ0v) is 20.1. The number of Topliss-reactive ketones (excluding diaryl/α,β-unsaturated/α-hetero) is 2. The molecule has 2 heterocycles. The standard InChI is InChI=1S/C25H25Cl2NO5/c1-15-11-23-18(13-19(15)27)21(30)14-25(33-23)7-9-28(10-8-25)24(31)6-4-20(29)17-12-16(26)3-5-22(17)32-2/h3,5,11-13H,4,6-10,14H2,1-2H3. The molecule has 1 amide bonds. The molecule has 8 heteroatoms. The van der Waals surface area contributed by atoms with Crippen LogP contribution in [-0.4, -0.2) is 48.2 Å². The van der Waals surface area contributed by atoms with Crippen LogP contribution in [0.25, 0.3) is 0 Å². The van der Waals surface area contributed by atoms with Gasteiger partial charge in [0, 0.05) is 48.8 Å². The number of fused-ring (bicyclic) bond motifs is 1. The molecule has 174 valence electrons. The molecule has 4 rings (SSSR count). The fourth-order valence-electron chi connectivity index (χ4n) is 4.47. The molecular formula is C25H25Cl2NO5. The van der Waals surface area contributed by atoms with Crippen LogP contribution in [0, 0.1) is 6.92 Å². The smallest absolute Gasteiger partial charge is 0.223 e. The molecule has 1 fully saturated rings. The Bertz CT molecular complexity index is 1120. The highest BCUT2D eigenvalue weighted by Gasteiger charge is 2.43. The topological polar surface area (TPSA) is 72.9 Å². The highest BCUT2D eigenvalue weighted by molar-refractivity contribution is 6.32. The van der Waals surface area contributed by atoms with Crippen LogP contribution in [0.3, 0.4) is 0 Å². The van der Waals surface area contributed by atoms with E-state index in [1.54, 1.807) is 29.2 Å². The lowest BCUT2D eigenvalue weighted by atomic mass is 9.82. The second kappa shape index (κ2) is 9.35. The third-order valence-electron chi connectivity index (χ3n) is 6.43. The van der Waals surface area contributed by atoms with E-state index in [4.69, 9.17) is 32.7 Å². The van der Waals surface area contributed by atoms with Gasteiger partial charge >= 0.3 is 0 Å². The summed E-state index contributed by atoms with van der Waals surface area (Å²) in [6.07, 6.45) is 1.55. The number of ether oxygens (including phenoxy) is 2. The average molecular weight is 490 g/mol. The van der Waals surface area contributed by atoms with Crippen molar-refractivity contribution in [1.29, 1.82) is 0 Å². The molecule has 0 aliphatic carbocycles. The van der Waals surface area contributed by atoms with E-state index < -0.39 is 5.60 Å². The van der Waals surface area contributed by atoms with Crippen LogP contribution < -0.4 is 9.47 Å². The van der Waals surface area contributed by atoms with E-state index >= 15 is 0 Å². The number of carbonyl (C=O) groups is 3. The third-order valence-corrected chi connectivity index (χ3v) is 7.07. The molecule has 0 aromatic heterocycles. The molecule has 0 atom stereocenters. The maximum absolute atomic E-state index is 12.8. The summed E-state index contributed by atoms with van der Waals surface area (Å²) in [6, 6.07) is 8.33. The highest BCUT2D eigenvalue weighted by atomic mass is 35.5. The number of piperidine rings is 1. The number of ketones is 2. The number of carbonyl (C=O) groups excluding carboxylic acids is 3. The Hall–Kier alpha value is -2.57. The van der Waals surface area contributed by atoms with Gasteiger partial charge in [-0.05, 0) is 42.8 Å². The van der Waals surface area contributed by atoms with Crippen molar-refractivity contribution < 1.29 is 23.9 Å². The van der Waals surface area contributed by atoms with Crippen molar-refractivity contribution in [2.24, 2.45) is 0 Å². The first-order valence-corrected chi connectivity index (χ1v) is 11.6. The lowest BCUT2D eigenvalue weighted by Crippen LogP contribution is -2.52. The van der Waals surface area contributed by atoms with Crippen LogP contribution in [0.5, 0.6) is 11.5 Å². The Balaban J connectivity index is 1.36. The number of halogens is 2. The molecule has 6 nitrogen and oxygen atoms in total. The zero-order valence-electron chi connectivity index (χ0n) is 18.6. The maximum Gasteiger partial charge on any atom is 0.223 e. The lowest BCUT2D eigenvalue weighted by Gasteiger charge is -2.44. The van der Waals surface area contributed by atoms with Gasteiger partial charge in [-0.3, -0.25) is 14.4 Å². The highest BCUT2D eigenvalue weighted by Crippen LogP contribution is 2.41. The molecule has 2 aromatic carbocycles. The van der Waals surface area contributed by atoms with Crippen LogP contribution in [0.4, 0.5) is 0 Å². The molecule has 0 bridgehead atoms. The Morgan fingerprint density at radius 3 is 2.55 bits per heavy atom.